The molecule has 1 amide bonds. The molecule has 2 aromatic carbocycles. The van der Waals surface area contributed by atoms with Crippen molar-refractivity contribution in [2.24, 2.45) is 0 Å². The molecule has 1 heterocycles. The summed E-state index contributed by atoms with van der Waals surface area (Å²) in [4.78, 5) is 11.9. The lowest BCUT2D eigenvalue weighted by Crippen LogP contribution is -2.25. The Bertz CT molecular complexity index is 849. The average Bonchev–Trinajstić information content (AvgIpc) is 3.13. The fraction of sp³-hybridized carbons (Fsp3) is 0.250. The van der Waals surface area contributed by atoms with Crippen LogP contribution in [0.5, 0.6) is 0 Å². The van der Waals surface area contributed by atoms with Crippen molar-refractivity contribution in [2.45, 2.75) is 25.7 Å². The third-order valence-electron chi connectivity index (χ3n) is 3.94. The number of nitrogens with zero attached hydrogens (tertiary/aromatic N) is 2. The quantitative estimate of drug-likeness (QED) is 0.629. The van der Waals surface area contributed by atoms with Crippen LogP contribution in [0.25, 0.3) is 11.5 Å². The van der Waals surface area contributed by atoms with Gasteiger partial charge in [0, 0.05) is 19.4 Å². The van der Waals surface area contributed by atoms with Crippen LogP contribution in [0.2, 0.25) is 0 Å². The molecule has 0 spiro atoms. The maximum atomic E-state index is 13.7. The first kappa shape index (κ1) is 17.8. The van der Waals surface area contributed by atoms with Crippen LogP contribution < -0.4 is 5.32 Å². The second-order valence-electron chi connectivity index (χ2n) is 5.92. The molecule has 0 aliphatic carbocycles. The zero-order valence-electron chi connectivity index (χ0n) is 14.3. The lowest BCUT2D eigenvalue weighted by atomic mass is 10.1. The van der Waals surface area contributed by atoms with Crippen LogP contribution in [0.4, 0.5) is 4.39 Å². The van der Waals surface area contributed by atoms with Crippen molar-refractivity contribution in [3.05, 3.63) is 71.9 Å². The minimum atomic E-state index is -0.418. The summed E-state index contributed by atoms with van der Waals surface area (Å²) in [6.45, 7) is 0.623. The fourth-order valence-corrected chi connectivity index (χ4v) is 2.57. The van der Waals surface area contributed by atoms with Gasteiger partial charge in [-0.2, -0.15) is 0 Å². The largest absolute Gasteiger partial charge is 0.421 e. The normalized spacial score (nSPS) is 10.7. The maximum absolute atomic E-state index is 13.7. The Morgan fingerprint density at radius 3 is 2.58 bits per heavy atom. The molecule has 5 nitrogen and oxygen atoms in total. The number of nitrogens with one attached hydrogen (secondary N) is 1. The highest BCUT2D eigenvalue weighted by Gasteiger charge is 2.13. The molecule has 3 rings (SSSR count). The first-order chi connectivity index (χ1) is 12.7. The number of carbonyl (C=O) groups is 1. The SMILES string of the molecule is O=C(CCc1nnc(-c2ccccc2F)o1)NCCCc1ccccc1. The first-order valence-electron chi connectivity index (χ1n) is 8.60. The lowest BCUT2D eigenvalue weighted by Gasteiger charge is -2.04. The topological polar surface area (TPSA) is 68.0 Å². The molecule has 0 aliphatic heterocycles. The molecule has 6 heteroatoms. The Labute approximate surface area is 151 Å². The minimum absolute atomic E-state index is 0.0660. The van der Waals surface area contributed by atoms with E-state index in [2.05, 4.69) is 27.6 Å². The molecule has 134 valence electrons. The summed E-state index contributed by atoms with van der Waals surface area (Å²) >= 11 is 0. The van der Waals surface area contributed by atoms with Gasteiger partial charge in [-0.1, -0.05) is 42.5 Å². The van der Waals surface area contributed by atoms with Gasteiger partial charge >= 0.3 is 0 Å². The first-order valence-corrected chi connectivity index (χ1v) is 8.60. The van der Waals surface area contributed by atoms with Gasteiger partial charge in [0.1, 0.15) is 5.82 Å². The molecule has 1 aromatic heterocycles. The molecule has 3 aromatic rings. The number of rotatable bonds is 8. The summed E-state index contributed by atoms with van der Waals surface area (Å²) in [6, 6.07) is 16.4. The van der Waals surface area contributed by atoms with E-state index in [4.69, 9.17) is 4.42 Å². The van der Waals surface area contributed by atoms with Crippen molar-refractivity contribution in [2.75, 3.05) is 6.54 Å². The van der Waals surface area contributed by atoms with Crippen molar-refractivity contribution in [3.8, 4) is 11.5 Å². The Balaban J connectivity index is 1.40. The van der Waals surface area contributed by atoms with Crippen LogP contribution in [0, 0.1) is 5.82 Å². The van der Waals surface area contributed by atoms with Crippen LogP contribution in [-0.2, 0) is 17.6 Å². The zero-order valence-corrected chi connectivity index (χ0v) is 14.3. The van der Waals surface area contributed by atoms with E-state index in [0.29, 0.717) is 18.9 Å². The summed E-state index contributed by atoms with van der Waals surface area (Å²) in [5.74, 6) is -0.0355. The van der Waals surface area contributed by atoms with Gasteiger partial charge in [-0.05, 0) is 30.5 Å². The van der Waals surface area contributed by atoms with E-state index < -0.39 is 5.82 Å². The van der Waals surface area contributed by atoms with Crippen LogP contribution in [0.15, 0.2) is 59.0 Å². The highest BCUT2D eigenvalue weighted by molar-refractivity contribution is 5.75. The van der Waals surface area contributed by atoms with E-state index in [1.165, 1.54) is 11.6 Å². The summed E-state index contributed by atoms with van der Waals surface area (Å²) < 4.78 is 19.1. The highest BCUT2D eigenvalue weighted by Crippen LogP contribution is 2.21. The number of aromatic nitrogens is 2. The summed E-state index contributed by atoms with van der Waals surface area (Å²) in [7, 11) is 0. The predicted molar refractivity (Wildman–Crippen MR) is 95.8 cm³/mol. The molecule has 0 aliphatic rings. The van der Waals surface area contributed by atoms with E-state index in [1.54, 1.807) is 18.2 Å². The van der Waals surface area contributed by atoms with Crippen molar-refractivity contribution in [1.82, 2.24) is 15.5 Å². The monoisotopic (exact) mass is 353 g/mol. The third-order valence-corrected chi connectivity index (χ3v) is 3.94. The standard InChI is InChI=1S/C20H20FN3O2/c21-17-11-5-4-10-16(17)20-24-23-19(26-20)13-12-18(25)22-14-6-9-15-7-2-1-3-8-15/h1-5,7-8,10-11H,6,9,12-14H2,(H,22,25). The number of aryl methyl sites for hydroxylation is 2. The molecule has 0 fully saturated rings. The van der Waals surface area contributed by atoms with E-state index in [-0.39, 0.29) is 23.8 Å². The molecule has 0 atom stereocenters. The molecular weight excluding hydrogens is 333 g/mol. The fourth-order valence-electron chi connectivity index (χ4n) is 2.57. The van der Waals surface area contributed by atoms with Crippen LogP contribution in [0.3, 0.4) is 0 Å². The van der Waals surface area contributed by atoms with Gasteiger partial charge in [-0.25, -0.2) is 4.39 Å². The van der Waals surface area contributed by atoms with Crippen LogP contribution in [-0.4, -0.2) is 22.6 Å². The second-order valence-corrected chi connectivity index (χ2v) is 5.92. The average molecular weight is 353 g/mol. The molecule has 0 saturated carbocycles. The van der Waals surface area contributed by atoms with Crippen LogP contribution >= 0.6 is 0 Å². The number of carbonyl (C=O) groups excluding carboxylic acids is 1. The maximum Gasteiger partial charge on any atom is 0.250 e. The van der Waals surface area contributed by atoms with Gasteiger partial charge in [0.25, 0.3) is 5.89 Å². The minimum Gasteiger partial charge on any atom is -0.421 e. The number of benzene rings is 2. The Morgan fingerprint density at radius 1 is 1.00 bits per heavy atom. The lowest BCUT2D eigenvalue weighted by molar-refractivity contribution is -0.121. The Morgan fingerprint density at radius 2 is 1.77 bits per heavy atom. The molecule has 26 heavy (non-hydrogen) atoms. The smallest absolute Gasteiger partial charge is 0.250 e. The molecule has 0 saturated heterocycles. The summed E-state index contributed by atoms with van der Waals surface area (Å²) in [5.41, 5.74) is 1.52. The van der Waals surface area contributed by atoms with Gasteiger partial charge < -0.3 is 9.73 Å². The summed E-state index contributed by atoms with van der Waals surface area (Å²) in [6.07, 6.45) is 2.39. The van der Waals surface area contributed by atoms with E-state index >= 15 is 0 Å². The van der Waals surface area contributed by atoms with Gasteiger partial charge in [0.15, 0.2) is 0 Å². The molecule has 0 radical (unpaired) electrons. The number of hydrogen-bond acceptors (Lipinski definition) is 4. The third kappa shape index (κ3) is 4.99. The van der Waals surface area contributed by atoms with Crippen molar-refractivity contribution < 1.29 is 13.6 Å². The number of hydrogen-bond donors (Lipinski definition) is 1. The van der Waals surface area contributed by atoms with E-state index in [0.717, 1.165) is 12.8 Å². The van der Waals surface area contributed by atoms with Crippen molar-refractivity contribution >= 4 is 5.91 Å². The Hall–Kier alpha value is -3.02. The molecule has 0 unspecified atom stereocenters. The summed E-state index contributed by atoms with van der Waals surface area (Å²) in [5, 5.41) is 10.6. The zero-order chi connectivity index (χ0) is 18.2. The van der Waals surface area contributed by atoms with E-state index in [1.807, 2.05) is 18.2 Å². The second kappa shape index (κ2) is 8.89. The van der Waals surface area contributed by atoms with Gasteiger partial charge in [-0.3, -0.25) is 4.79 Å². The van der Waals surface area contributed by atoms with Crippen molar-refractivity contribution in [3.63, 3.8) is 0 Å². The highest BCUT2D eigenvalue weighted by atomic mass is 19.1. The predicted octanol–water partition coefficient (Wildman–Crippen LogP) is 3.56. The number of amides is 1. The van der Waals surface area contributed by atoms with Gasteiger partial charge in [0.05, 0.1) is 5.56 Å². The Kier molecular flexibility index (Phi) is 6.09. The van der Waals surface area contributed by atoms with Gasteiger partial charge in [0.2, 0.25) is 11.8 Å². The number of halogens is 1. The molecular formula is C20H20FN3O2. The van der Waals surface area contributed by atoms with Crippen molar-refractivity contribution in [1.29, 1.82) is 0 Å². The van der Waals surface area contributed by atoms with Gasteiger partial charge in [-0.15, -0.1) is 10.2 Å². The van der Waals surface area contributed by atoms with E-state index in [9.17, 15) is 9.18 Å². The molecule has 0 bridgehead atoms. The molecule has 1 N–H and O–H groups in total. The van der Waals surface area contributed by atoms with Crippen LogP contribution in [0.1, 0.15) is 24.3 Å².